The van der Waals surface area contributed by atoms with E-state index in [1.807, 2.05) is 30.3 Å². The van der Waals surface area contributed by atoms with Crippen LogP contribution in [0.15, 0.2) is 52.1 Å². The zero-order valence-electron chi connectivity index (χ0n) is 21.9. The van der Waals surface area contributed by atoms with Crippen LogP contribution in [-0.2, 0) is 19.4 Å². The lowest BCUT2D eigenvalue weighted by Crippen LogP contribution is -2.57. The van der Waals surface area contributed by atoms with Gasteiger partial charge in [0.15, 0.2) is 5.75 Å². The Morgan fingerprint density at radius 3 is 2.50 bits per heavy atom. The number of rotatable bonds is 5. The average molecular weight is 562 g/mol. The van der Waals surface area contributed by atoms with Crippen molar-refractivity contribution in [1.82, 2.24) is 14.5 Å². The van der Waals surface area contributed by atoms with Crippen LogP contribution in [0.4, 0.5) is 0 Å². The second-order valence-electron chi connectivity index (χ2n) is 9.90. The van der Waals surface area contributed by atoms with E-state index < -0.39 is 34.3 Å². The lowest BCUT2D eigenvalue weighted by atomic mass is 9.71. The van der Waals surface area contributed by atoms with E-state index in [4.69, 9.17) is 25.8 Å². The standard InChI is InChI=1S/C29H24ClN3O7/c1-14-11-18-16(24(34)29(14)25(35)21-19(38-2)13-20(39-3)22(30)23(21)40-29)12-17-26(31-18)33(28(37)32-27(17)36)10-9-15-7-5-4-6-8-15/h4-8,12-14H,9-11H2,1-3H3,(H,32,36,37)/t14-,29+/m1/s1. The summed E-state index contributed by atoms with van der Waals surface area (Å²) in [7, 11) is 2.81. The number of benzene rings is 2. The van der Waals surface area contributed by atoms with E-state index in [1.54, 1.807) is 6.92 Å². The normalized spacial score (nSPS) is 19.4. The number of carbonyl (C=O) groups excluding carboxylic acids is 2. The summed E-state index contributed by atoms with van der Waals surface area (Å²) in [5.41, 5.74) is -1.50. The van der Waals surface area contributed by atoms with Gasteiger partial charge >= 0.3 is 5.69 Å². The summed E-state index contributed by atoms with van der Waals surface area (Å²) in [6, 6.07) is 12.5. The second kappa shape index (κ2) is 9.34. The van der Waals surface area contributed by atoms with Crippen LogP contribution >= 0.6 is 11.6 Å². The highest BCUT2D eigenvalue weighted by Crippen LogP contribution is 2.53. The fourth-order valence-electron chi connectivity index (χ4n) is 5.62. The number of H-pyrrole nitrogens is 1. The largest absolute Gasteiger partial charge is 0.496 e. The van der Waals surface area contributed by atoms with Gasteiger partial charge in [-0.3, -0.25) is 23.9 Å². The zero-order chi connectivity index (χ0) is 28.3. The summed E-state index contributed by atoms with van der Waals surface area (Å²) in [5, 5.41) is 0.106. The van der Waals surface area contributed by atoms with Crippen molar-refractivity contribution in [3.8, 4) is 17.2 Å². The molecule has 0 radical (unpaired) electrons. The molecule has 0 bridgehead atoms. The van der Waals surface area contributed by atoms with Crippen LogP contribution in [-0.4, -0.2) is 45.9 Å². The predicted octanol–water partition coefficient (Wildman–Crippen LogP) is 3.39. The number of Topliss-reactive ketones (excluding diaryl/α,β-unsaturated/α-hetero) is 2. The van der Waals surface area contributed by atoms with E-state index in [1.165, 1.54) is 30.9 Å². The first-order chi connectivity index (χ1) is 19.2. The molecule has 1 aliphatic carbocycles. The molecule has 1 aliphatic heterocycles. The molecule has 0 saturated heterocycles. The van der Waals surface area contributed by atoms with Crippen molar-refractivity contribution in [2.45, 2.75) is 31.9 Å². The minimum atomic E-state index is -1.93. The fourth-order valence-corrected chi connectivity index (χ4v) is 5.88. The summed E-state index contributed by atoms with van der Waals surface area (Å²) < 4.78 is 18.3. The first kappa shape index (κ1) is 25.8. The van der Waals surface area contributed by atoms with Gasteiger partial charge in [-0.25, -0.2) is 9.78 Å². The molecule has 2 aromatic heterocycles. The summed E-state index contributed by atoms with van der Waals surface area (Å²) in [6.07, 6.45) is 0.708. The summed E-state index contributed by atoms with van der Waals surface area (Å²) in [5.74, 6) is -1.49. The second-order valence-corrected chi connectivity index (χ2v) is 10.3. The quantitative estimate of drug-likeness (QED) is 0.367. The number of aryl methyl sites for hydroxylation is 2. The number of fused-ring (bicyclic) bond motifs is 3. The number of aromatic nitrogens is 3. The summed E-state index contributed by atoms with van der Waals surface area (Å²) in [6.45, 7) is 1.99. The van der Waals surface area contributed by atoms with Crippen LogP contribution in [0.25, 0.3) is 11.0 Å². The Bertz CT molecular complexity index is 1850. The van der Waals surface area contributed by atoms with E-state index >= 15 is 0 Å². The molecule has 4 aromatic rings. The predicted molar refractivity (Wildman–Crippen MR) is 146 cm³/mol. The highest BCUT2D eigenvalue weighted by molar-refractivity contribution is 6.36. The average Bonchev–Trinajstić information content (AvgIpc) is 3.26. The van der Waals surface area contributed by atoms with E-state index in [0.717, 1.165) is 5.56 Å². The molecule has 10 nitrogen and oxygen atoms in total. The van der Waals surface area contributed by atoms with Crippen LogP contribution in [0.2, 0.25) is 5.02 Å². The van der Waals surface area contributed by atoms with E-state index in [2.05, 4.69) is 9.97 Å². The van der Waals surface area contributed by atoms with Gasteiger partial charge in [0.05, 0.1) is 25.3 Å². The zero-order valence-corrected chi connectivity index (χ0v) is 22.6. The summed E-state index contributed by atoms with van der Waals surface area (Å²) in [4.78, 5) is 60.7. The molecule has 0 amide bonds. The highest BCUT2D eigenvalue weighted by Gasteiger charge is 2.62. The molecule has 11 heteroatoms. The molecular weight excluding hydrogens is 538 g/mol. The van der Waals surface area contributed by atoms with Gasteiger partial charge in [0.1, 0.15) is 27.7 Å². The molecule has 0 fully saturated rings. The monoisotopic (exact) mass is 561 g/mol. The molecular formula is C29H24ClN3O7. The topological polar surface area (TPSA) is 130 Å². The Morgan fingerprint density at radius 1 is 1.07 bits per heavy atom. The van der Waals surface area contributed by atoms with Gasteiger partial charge in [-0.05, 0) is 24.5 Å². The number of hydrogen-bond donors (Lipinski definition) is 1. The van der Waals surface area contributed by atoms with Crippen LogP contribution in [0.1, 0.15) is 38.9 Å². The molecule has 1 spiro atoms. The van der Waals surface area contributed by atoms with Crippen molar-refractivity contribution in [2.75, 3.05) is 14.2 Å². The number of ketones is 2. The van der Waals surface area contributed by atoms with Crippen molar-refractivity contribution < 1.29 is 23.8 Å². The van der Waals surface area contributed by atoms with E-state index in [0.29, 0.717) is 12.1 Å². The van der Waals surface area contributed by atoms with Gasteiger partial charge in [0.25, 0.3) is 5.56 Å². The summed E-state index contributed by atoms with van der Waals surface area (Å²) >= 11 is 6.49. The number of nitrogens with one attached hydrogen (secondary N) is 1. The number of aromatic amines is 1. The Morgan fingerprint density at radius 2 is 1.80 bits per heavy atom. The molecule has 0 saturated carbocycles. The number of halogens is 1. The maximum atomic E-state index is 14.1. The van der Waals surface area contributed by atoms with E-state index in [9.17, 15) is 19.2 Å². The van der Waals surface area contributed by atoms with Gasteiger partial charge in [-0.1, -0.05) is 48.9 Å². The van der Waals surface area contributed by atoms with Gasteiger partial charge in [0, 0.05) is 24.1 Å². The molecule has 2 aliphatic rings. The maximum absolute atomic E-state index is 14.1. The fraction of sp³-hybridized carbons (Fsp3) is 0.276. The number of nitrogens with zero attached hydrogens (tertiary/aromatic N) is 2. The molecule has 204 valence electrons. The lowest BCUT2D eigenvalue weighted by Gasteiger charge is -2.36. The highest BCUT2D eigenvalue weighted by atomic mass is 35.5. The lowest BCUT2D eigenvalue weighted by molar-refractivity contribution is 0.0257. The van der Waals surface area contributed by atoms with Crippen LogP contribution < -0.4 is 25.5 Å². The molecule has 1 N–H and O–H groups in total. The van der Waals surface area contributed by atoms with Gasteiger partial charge in [-0.2, -0.15) is 0 Å². The Kier molecular flexibility index (Phi) is 6.03. The molecule has 6 rings (SSSR count). The minimum absolute atomic E-state index is 0.00728. The SMILES string of the molecule is COc1cc(OC)c2c(c1Cl)O[C@@]1(C(=O)c3cc4c(=O)[nH]c(=O)n(CCc5ccccc5)c4nc3C[C@H]1C)C2=O. The van der Waals surface area contributed by atoms with Crippen molar-refractivity contribution in [2.24, 2.45) is 5.92 Å². The number of ether oxygens (including phenoxy) is 3. The number of hydrogen-bond acceptors (Lipinski definition) is 8. The molecule has 2 atom stereocenters. The third-order valence-corrected chi connectivity index (χ3v) is 8.07. The van der Waals surface area contributed by atoms with Crippen LogP contribution in [0, 0.1) is 5.92 Å². The first-order valence-electron chi connectivity index (χ1n) is 12.6. The first-order valence-corrected chi connectivity index (χ1v) is 13.0. The number of carbonyl (C=O) groups is 2. The van der Waals surface area contributed by atoms with Crippen molar-refractivity contribution in [1.29, 1.82) is 0 Å². The van der Waals surface area contributed by atoms with Crippen molar-refractivity contribution >= 4 is 34.2 Å². The molecule has 40 heavy (non-hydrogen) atoms. The number of pyridine rings is 1. The van der Waals surface area contributed by atoms with Gasteiger partial charge in [-0.15, -0.1) is 0 Å². The Hall–Kier alpha value is -4.44. The third kappa shape index (κ3) is 3.59. The Balaban J connectivity index is 1.47. The van der Waals surface area contributed by atoms with Gasteiger partial charge < -0.3 is 14.2 Å². The van der Waals surface area contributed by atoms with E-state index in [-0.39, 0.29) is 57.4 Å². The third-order valence-electron chi connectivity index (χ3n) is 7.71. The molecule has 2 aromatic carbocycles. The Labute approximate surface area is 232 Å². The minimum Gasteiger partial charge on any atom is -0.496 e. The number of methoxy groups -OCH3 is 2. The molecule has 3 heterocycles. The van der Waals surface area contributed by atoms with Crippen molar-refractivity contribution in [3.63, 3.8) is 0 Å². The van der Waals surface area contributed by atoms with Crippen molar-refractivity contribution in [3.05, 3.63) is 90.7 Å². The van der Waals surface area contributed by atoms with Crippen LogP contribution in [0.3, 0.4) is 0 Å². The van der Waals surface area contributed by atoms with Crippen LogP contribution in [0.5, 0.6) is 17.2 Å². The maximum Gasteiger partial charge on any atom is 0.330 e. The van der Waals surface area contributed by atoms with Gasteiger partial charge in [0.2, 0.25) is 17.2 Å². The molecule has 0 unspecified atom stereocenters. The smallest absolute Gasteiger partial charge is 0.330 e.